The molecule has 0 saturated heterocycles. The number of aliphatic carboxylic acids is 1. The number of nitrogens with one attached hydrogen (secondary N) is 1. The molecule has 0 spiro atoms. The van der Waals surface area contributed by atoms with Gasteiger partial charge in [0.05, 0.1) is 6.42 Å². The average molecular weight is 296 g/mol. The largest absolute Gasteiger partial charge is 0.481 e. The second-order valence-electron chi connectivity index (χ2n) is 6.00. The summed E-state index contributed by atoms with van der Waals surface area (Å²) in [5.74, 6) is -1.42. The molecule has 1 unspecified atom stereocenters. The number of halogens is 1. The van der Waals surface area contributed by atoms with Gasteiger partial charge in [0.15, 0.2) is 0 Å². The van der Waals surface area contributed by atoms with Crippen molar-refractivity contribution in [3.8, 4) is 0 Å². The van der Waals surface area contributed by atoms with Crippen LogP contribution in [0.4, 0.5) is 14.9 Å². The van der Waals surface area contributed by atoms with Gasteiger partial charge in [-0.2, -0.15) is 0 Å². The van der Waals surface area contributed by atoms with Gasteiger partial charge in [-0.15, -0.1) is 0 Å². The first-order valence-corrected chi connectivity index (χ1v) is 6.63. The quantitative estimate of drug-likeness (QED) is 0.897. The molecule has 0 radical (unpaired) electrons. The lowest BCUT2D eigenvalue weighted by molar-refractivity contribution is -0.138. The zero-order chi connectivity index (χ0) is 16.2. The third kappa shape index (κ3) is 5.06. The molecule has 21 heavy (non-hydrogen) atoms. The van der Waals surface area contributed by atoms with Crippen molar-refractivity contribution >= 4 is 17.7 Å². The Morgan fingerprint density at radius 3 is 2.48 bits per heavy atom. The van der Waals surface area contributed by atoms with Gasteiger partial charge >= 0.3 is 12.0 Å². The minimum atomic E-state index is -0.983. The second kappa shape index (κ2) is 6.56. The molecule has 0 aliphatic heterocycles. The van der Waals surface area contributed by atoms with Crippen molar-refractivity contribution in [2.24, 2.45) is 5.41 Å². The highest BCUT2D eigenvalue weighted by molar-refractivity contribution is 5.91. The Bertz CT molecular complexity index is 526. The molecule has 1 aromatic carbocycles. The fraction of sp³-hybridized carbons (Fsp3) is 0.467. The topological polar surface area (TPSA) is 69.6 Å². The minimum Gasteiger partial charge on any atom is -0.481 e. The van der Waals surface area contributed by atoms with E-state index in [0.29, 0.717) is 5.69 Å². The fourth-order valence-electron chi connectivity index (χ4n) is 1.80. The van der Waals surface area contributed by atoms with E-state index in [0.717, 1.165) is 0 Å². The number of nitrogens with zero attached hydrogens (tertiary/aromatic N) is 1. The summed E-state index contributed by atoms with van der Waals surface area (Å²) in [6.07, 6.45) is -0.174. The zero-order valence-electron chi connectivity index (χ0n) is 12.7. The molecule has 2 amide bonds. The van der Waals surface area contributed by atoms with Crippen molar-refractivity contribution in [3.05, 3.63) is 30.1 Å². The van der Waals surface area contributed by atoms with Gasteiger partial charge in [-0.25, -0.2) is 9.18 Å². The van der Waals surface area contributed by atoms with Crippen LogP contribution >= 0.6 is 0 Å². The zero-order valence-corrected chi connectivity index (χ0v) is 12.7. The smallest absolute Gasteiger partial charge is 0.321 e. The third-order valence-corrected chi connectivity index (χ3v) is 3.22. The van der Waals surface area contributed by atoms with Gasteiger partial charge < -0.3 is 10.4 Å². The highest BCUT2D eigenvalue weighted by Crippen LogP contribution is 2.23. The normalized spacial score (nSPS) is 12.6. The van der Waals surface area contributed by atoms with Crippen molar-refractivity contribution in [2.45, 2.75) is 33.2 Å². The van der Waals surface area contributed by atoms with Crippen molar-refractivity contribution < 1.29 is 19.1 Å². The Morgan fingerprint density at radius 1 is 1.38 bits per heavy atom. The van der Waals surface area contributed by atoms with E-state index in [2.05, 4.69) is 5.32 Å². The number of carbonyl (C=O) groups excluding carboxylic acids is 1. The van der Waals surface area contributed by atoms with Crippen LogP contribution in [0.2, 0.25) is 0 Å². The number of amides is 2. The molecule has 0 fully saturated rings. The third-order valence-electron chi connectivity index (χ3n) is 3.22. The van der Waals surface area contributed by atoms with E-state index in [4.69, 9.17) is 5.11 Å². The maximum atomic E-state index is 13.2. The van der Waals surface area contributed by atoms with Crippen LogP contribution in [0.3, 0.4) is 0 Å². The van der Waals surface area contributed by atoms with E-state index in [-0.39, 0.29) is 6.42 Å². The molecule has 5 nitrogen and oxygen atoms in total. The Balaban J connectivity index is 2.84. The monoisotopic (exact) mass is 296 g/mol. The summed E-state index contributed by atoms with van der Waals surface area (Å²) in [7, 11) is 1.50. The second-order valence-corrected chi connectivity index (χ2v) is 6.00. The van der Waals surface area contributed by atoms with Crippen LogP contribution in [-0.2, 0) is 4.79 Å². The number of carboxylic acids is 1. The molecule has 0 bridgehead atoms. The van der Waals surface area contributed by atoms with Crippen LogP contribution in [-0.4, -0.2) is 30.2 Å². The molecule has 0 saturated carbocycles. The minimum absolute atomic E-state index is 0.174. The fourth-order valence-corrected chi connectivity index (χ4v) is 1.80. The van der Waals surface area contributed by atoms with Crippen LogP contribution in [0.15, 0.2) is 24.3 Å². The lowest BCUT2D eigenvalue weighted by Gasteiger charge is -2.32. The summed E-state index contributed by atoms with van der Waals surface area (Å²) >= 11 is 0. The number of urea groups is 1. The Hall–Kier alpha value is -2.11. The maximum absolute atomic E-state index is 13.2. The number of carboxylic acid groups (broad SMARTS) is 1. The number of benzene rings is 1. The molecule has 1 rings (SSSR count). The van der Waals surface area contributed by atoms with Crippen LogP contribution < -0.4 is 10.2 Å². The molecule has 0 aliphatic rings. The maximum Gasteiger partial charge on any atom is 0.321 e. The van der Waals surface area contributed by atoms with Gasteiger partial charge in [0.1, 0.15) is 5.82 Å². The predicted octanol–water partition coefficient (Wildman–Crippen LogP) is 2.86. The first kappa shape index (κ1) is 16.9. The van der Waals surface area contributed by atoms with Crippen LogP contribution in [0.25, 0.3) is 0 Å². The van der Waals surface area contributed by atoms with E-state index < -0.39 is 29.3 Å². The lowest BCUT2D eigenvalue weighted by atomic mass is 9.85. The Morgan fingerprint density at radius 2 is 2.00 bits per heavy atom. The van der Waals surface area contributed by atoms with Gasteiger partial charge in [-0.05, 0) is 23.6 Å². The summed E-state index contributed by atoms with van der Waals surface area (Å²) in [6.45, 7) is 5.55. The van der Waals surface area contributed by atoms with Gasteiger partial charge in [0.2, 0.25) is 0 Å². The highest BCUT2D eigenvalue weighted by Gasteiger charge is 2.29. The van der Waals surface area contributed by atoms with Gasteiger partial charge in [-0.3, -0.25) is 9.69 Å². The van der Waals surface area contributed by atoms with E-state index in [1.54, 1.807) is 6.07 Å². The van der Waals surface area contributed by atoms with Crippen molar-refractivity contribution in [3.63, 3.8) is 0 Å². The number of rotatable bonds is 4. The summed E-state index contributed by atoms with van der Waals surface area (Å²) < 4.78 is 13.2. The number of carbonyl (C=O) groups is 2. The molecule has 1 aromatic rings. The SMILES string of the molecule is CN(C(=O)NC(CC(=O)O)C(C)(C)C)c1cccc(F)c1. The van der Waals surface area contributed by atoms with Crippen LogP contribution in [0.5, 0.6) is 0 Å². The van der Waals surface area contributed by atoms with Crippen LogP contribution in [0.1, 0.15) is 27.2 Å². The van der Waals surface area contributed by atoms with E-state index in [1.165, 1.54) is 30.1 Å². The van der Waals surface area contributed by atoms with E-state index >= 15 is 0 Å². The standard InChI is InChI=1S/C15H21FN2O3/c1-15(2,3)12(9-13(19)20)17-14(21)18(4)11-7-5-6-10(16)8-11/h5-8,12H,9H2,1-4H3,(H,17,21)(H,19,20). The first-order chi connectivity index (χ1) is 9.61. The molecule has 6 heteroatoms. The molecule has 0 heterocycles. The average Bonchev–Trinajstić information content (AvgIpc) is 2.35. The van der Waals surface area contributed by atoms with Gasteiger partial charge in [0.25, 0.3) is 0 Å². The predicted molar refractivity (Wildman–Crippen MR) is 78.8 cm³/mol. The molecule has 0 aromatic heterocycles. The van der Waals surface area contributed by atoms with Gasteiger partial charge in [0, 0.05) is 18.8 Å². The molecular weight excluding hydrogens is 275 g/mol. The number of anilines is 1. The summed E-state index contributed by atoms with van der Waals surface area (Å²) in [5.41, 5.74) is -0.00733. The van der Waals surface area contributed by atoms with Crippen molar-refractivity contribution in [2.75, 3.05) is 11.9 Å². The highest BCUT2D eigenvalue weighted by atomic mass is 19.1. The summed E-state index contributed by atoms with van der Waals surface area (Å²) in [4.78, 5) is 24.4. The van der Waals surface area contributed by atoms with Crippen LogP contribution in [0, 0.1) is 11.2 Å². The number of hydrogen-bond acceptors (Lipinski definition) is 2. The molecule has 1 atom stereocenters. The molecular formula is C15H21FN2O3. The Labute approximate surface area is 123 Å². The first-order valence-electron chi connectivity index (χ1n) is 6.63. The van der Waals surface area contributed by atoms with E-state index in [1.807, 2.05) is 20.8 Å². The summed E-state index contributed by atoms with van der Waals surface area (Å²) in [5, 5.41) is 11.6. The number of hydrogen-bond donors (Lipinski definition) is 2. The molecule has 116 valence electrons. The summed E-state index contributed by atoms with van der Waals surface area (Å²) in [6, 6.07) is 4.64. The molecule has 0 aliphatic carbocycles. The lowest BCUT2D eigenvalue weighted by Crippen LogP contribution is -2.49. The Kier molecular flexibility index (Phi) is 5.29. The molecule has 2 N–H and O–H groups in total. The van der Waals surface area contributed by atoms with Crippen molar-refractivity contribution in [1.29, 1.82) is 0 Å². The van der Waals surface area contributed by atoms with E-state index in [9.17, 15) is 14.0 Å². The van der Waals surface area contributed by atoms with Crippen molar-refractivity contribution in [1.82, 2.24) is 5.32 Å². The van der Waals surface area contributed by atoms with Gasteiger partial charge in [-0.1, -0.05) is 26.8 Å².